The molecule has 0 radical (unpaired) electrons. The van der Waals surface area contributed by atoms with Gasteiger partial charge in [0.05, 0.1) is 15.7 Å². The summed E-state index contributed by atoms with van der Waals surface area (Å²) in [7, 11) is -4.08. The molecular formula is C10H9Cl2N5O3S. The van der Waals surface area contributed by atoms with Crippen molar-refractivity contribution in [3.8, 4) is 0 Å². The van der Waals surface area contributed by atoms with Crippen LogP contribution in [0.2, 0.25) is 10.0 Å². The van der Waals surface area contributed by atoms with E-state index in [0.717, 1.165) is 0 Å². The number of nitrogens with one attached hydrogen (secondary N) is 3. The summed E-state index contributed by atoms with van der Waals surface area (Å²) >= 11 is 12.0. The summed E-state index contributed by atoms with van der Waals surface area (Å²) in [4.78, 5) is 13.8. The van der Waals surface area contributed by atoms with Gasteiger partial charge < -0.3 is 0 Å². The van der Waals surface area contributed by atoms with E-state index in [0.29, 0.717) is 12.0 Å². The predicted molar refractivity (Wildman–Crippen MR) is 78.1 cm³/mol. The lowest BCUT2D eigenvalue weighted by molar-refractivity contribution is -0.105. The van der Waals surface area contributed by atoms with Gasteiger partial charge in [0.1, 0.15) is 0 Å². The van der Waals surface area contributed by atoms with E-state index in [-0.39, 0.29) is 21.7 Å². The number of sulfonamides is 1. The third-order valence-corrected chi connectivity index (χ3v) is 4.39. The minimum absolute atomic E-state index is 0.0413. The Morgan fingerprint density at radius 3 is 2.71 bits per heavy atom. The van der Waals surface area contributed by atoms with Gasteiger partial charge >= 0.3 is 0 Å². The monoisotopic (exact) mass is 349 g/mol. The predicted octanol–water partition coefficient (Wildman–Crippen LogP) is 1.79. The van der Waals surface area contributed by atoms with Crippen LogP contribution in [0.5, 0.6) is 0 Å². The number of carbonyl (C=O) groups excluding carboxylic acids is 1. The average Bonchev–Trinajstić information content (AvgIpc) is 2.89. The summed E-state index contributed by atoms with van der Waals surface area (Å²) in [5, 5.41) is 7.65. The Kier molecular flexibility index (Phi) is 4.35. The molecule has 2 rings (SSSR count). The van der Waals surface area contributed by atoms with Crippen molar-refractivity contribution in [2.45, 2.75) is 12.1 Å². The highest BCUT2D eigenvalue weighted by Gasteiger charge is 2.22. The molecule has 2 aromatic rings. The van der Waals surface area contributed by atoms with E-state index in [1.54, 1.807) is 13.0 Å². The number of hydrogen-bond acceptors (Lipinski definition) is 5. The number of hydrogen-bond donors (Lipinski definition) is 3. The van der Waals surface area contributed by atoms with Gasteiger partial charge in [-0.15, -0.1) is 5.10 Å². The fraction of sp³-hybridized carbons (Fsp3) is 0.100. The van der Waals surface area contributed by atoms with Crippen LogP contribution in [0.25, 0.3) is 0 Å². The number of benzene rings is 1. The van der Waals surface area contributed by atoms with Gasteiger partial charge in [-0.3, -0.25) is 14.8 Å². The standard InChI is InChI=1S/C10H9Cl2N5O3S/c1-5-2-3-6(11)8(7(5)12)17-21(19,20)10-14-9(13-4-18)15-16-10/h2-4,17H,1H3,(H2,13,14,15,16,18). The van der Waals surface area contributed by atoms with Crippen molar-refractivity contribution in [1.82, 2.24) is 15.2 Å². The summed E-state index contributed by atoms with van der Waals surface area (Å²) in [6, 6.07) is 3.17. The first kappa shape index (κ1) is 15.5. The fourth-order valence-electron chi connectivity index (χ4n) is 1.42. The maximum atomic E-state index is 12.2. The van der Waals surface area contributed by atoms with Gasteiger partial charge in [-0.1, -0.05) is 29.3 Å². The first-order chi connectivity index (χ1) is 9.85. The van der Waals surface area contributed by atoms with Gasteiger partial charge in [-0.05, 0) is 18.6 Å². The van der Waals surface area contributed by atoms with Gasteiger partial charge in [0, 0.05) is 0 Å². The molecule has 11 heteroatoms. The Balaban J connectivity index is 2.37. The number of aromatic nitrogens is 3. The molecule has 0 spiro atoms. The average molecular weight is 350 g/mol. The Labute approximate surface area is 129 Å². The molecule has 1 aromatic heterocycles. The largest absolute Gasteiger partial charge is 0.297 e. The second-order valence-corrected chi connectivity index (χ2v) is 6.27. The summed E-state index contributed by atoms with van der Waals surface area (Å²) in [6.45, 7) is 1.71. The first-order valence-electron chi connectivity index (χ1n) is 5.45. The van der Waals surface area contributed by atoms with Crippen LogP contribution in [0, 0.1) is 6.92 Å². The number of aromatic amines is 1. The lowest BCUT2D eigenvalue weighted by Gasteiger charge is -2.11. The van der Waals surface area contributed by atoms with Crippen LogP contribution in [0.4, 0.5) is 11.6 Å². The quantitative estimate of drug-likeness (QED) is 0.711. The molecule has 0 fully saturated rings. The number of halogens is 2. The highest BCUT2D eigenvalue weighted by atomic mass is 35.5. The lowest BCUT2D eigenvalue weighted by Crippen LogP contribution is -2.15. The molecule has 0 aliphatic heterocycles. The van der Waals surface area contributed by atoms with Crippen LogP contribution in [0.1, 0.15) is 5.56 Å². The number of anilines is 2. The number of amides is 1. The summed E-state index contributed by atoms with van der Waals surface area (Å²) < 4.78 is 26.5. The van der Waals surface area contributed by atoms with Crippen LogP contribution < -0.4 is 10.0 Å². The number of nitrogens with zero attached hydrogens (tertiary/aromatic N) is 2. The molecule has 0 unspecified atom stereocenters. The van der Waals surface area contributed by atoms with Crippen molar-refractivity contribution in [1.29, 1.82) is 0 Å². The van der Waals surface area contributed by atoms with E-state index in [9.17, 15) is 13.2 Å². The van der Waals surface area contributed by atoms with Crippen LogP contribution in [-0.2, 0) is 14.8 Å². The Hall–Kier alpha value is -1.84. The SMILES string of the molecule is Cc1ccc(Cl)c(NS(=O)(=O)c2nc(NC=O)n[nH]2)c1Cl. The van der Waals surface area contributed by atoms with Gasteiger partial charge in [-0.2, -0.15) is 13.4 Å². The molecule has 0 atom stereocenters. The minimum Gasteiger partial charge on any atom is -0.296 e. The third-order valence-electron chi connectivity index (χ3n) is 2.43. The van der Waals surface area contributed by atoms with Crippen molar-refractivity contribution >= 4 is 51.3 Å². The lowest BCUT2D eigenvalue weighted by atomic mass is 10.2. The first-order valence-corrected chi connectivity index (χ1v) is 7.69. The van der Waals surface area contributed by atoms with Crippen LogP contribution in [0.15, 0.2) is 17.3 Å². The molecule has 0 aliphatic rings. The van der Waals surface area contributed by atoms with Crippen molar-refractivity contribution in [2.75, 3.05) is 10.0 Å². The molecule has 21 heavy (non-hydrogen) atoms. The molecule has 8 nitrogen and oxygen atoms in total. The summed E-state index contributed by atoms with van der Waals surface area (Å²) in [5.74, 6) is -0.174. The number of carbonyl (C=O) groups is 1. The summed E-state index contributed by atoms with van der Waals surface area (Å²) in [6.07, 6.45) is 0.321. The number of aryl methyl sites for hydroxylation is 1. The van der Waals surface area contributed by atoms with Crippen LogP contribution in [0.3, 0.4) is 0 Å². The van der Waals surface area contributed by atoms with E-state index in [2.05, 4.69) is 25.2 Å². The maximum absolute atomic E-state index is 12.2. The van der Waals surface area contributed by atoms with E-state index in [4.69, 9.17) is 23.2 Å². The molecule has 3 N–H and O–H groups in total. The third kappa shape index (κ3) is 3.26. The molecule has 1 aromatic carbocycles. The highest BCUT2D eigenvalue weighted by Crippen LogP contribution is 2.34. The number of H-pyrrole nitrogens is 1. The molecule has 112 valence electrons. The topological polar surface area (TPSA) is 117 Å². The minimum atomic E-state index is -4.08. The fourth-order valence-corrected chi connectivity index (χ4v) is 2.94. The highest BCUT2D eigenvalue weighted by molar-refractivity contribution is 7.92. The molecular weight excluding hydrogens is 341 g/mol. The molecule has 0 bridgehead atoms. The van der Waals surface area contributed by atoms with Gasteiger partial charge in [-0.25, -0.2) is 5.10 Å². The Morgan fingerprint density at radius 2 is 2.05 bits per heavy atom. The van der Waals surface area contributed by atoms with E-state index >= 15 is 0 Å². The van der Waals surface area contributed by atoms with Crippen LogP contribution in [-0.4, -0.2) is 30.0 Å². The summed E-state index contributed by atoms with van der Waals surface area (Å²) in [5.41, 5.74) is 0.694. The van der Waals surface area contributed by atoms with Crippen molar-refractivity contribution in [3.05, 3.63) is 27.7 Å². The zero-order valence-corrected chi connectivity index (χ0v) is 12.8. The van der Waals surface area contributed by atoms with Gasteiger partial charge in [0.15, 0.2) is 0 Å². The molecule has 0 saturated heterocycles. The van der Waals surface area contributed by atoms with Crippen molar-refractivity contribution < 1.29 is 13.2 Å². The maximum Gasteiger partial charge on any atom is 0.297 e. The molecule has 0 aliphatic carbocycles. The van der Waals surface area contributed by atoms with Crippen molar-refractivity contribution in [3.63, 3.8) is 0 Å². The second kappa shape index (κ2) is 5.88. The van der Waals surface area contributed by atoms with E-state index in [1.165, 1.54) is 6.07 Å². The van der Waals surface area contributed by atoms with Gasteiger partial charge in [0.2, 0.25) is 12.4 Å². The smallest absolute Gasteiger partial charge is 0.296 e. The van der Waals surface area contributed by atoms with E-state index in [1.807, 2.05) is 0 Å². The van der Waals surface area contributed by atoms with E-state index < -0.39 is 15.2 Å². The Bertz CT molecular complexity index is 790. The molecule has 1 amide bonds. The molecule has 1 heterocycles. The zero-order chi connectivity index (χ0) is 15.6. The van der Waals surface area contributed by atoms with Gasteiger partial charge in [0.25, 0.3) is 15.2 Å². The second-order valence-electron chi connectivity index (χ2n) is 3.89. The number of rotatable bonds is 5. The molecule has 0 saturated carbocycles. The normalized spacial score (nSPS) is 11.2. The van der Waals surface area contributed by atoms with Crippen molar-refractivity contribution in [2.24, 2.45) is 0 Å². The Morgan fingerprint density at radius 1 is 1.33 bits per heavy atom. The van der Waals surface area contributed by atoms with Crippen LogP contribution >= 0.6 is 23.2 Å². The zero-order valence-electron chi connectivity index (χ0n) is 10.5.